The van der Waals surface area contributed by atoms with E-state index in [2.05, 4.69) is 60.8 Å². The fraction of sp³-hybridized carbons (Fsp3) is 0.211. The van der Waals surface area contributed by atoms with Crippen LogP contribution < -0.4 is 5.32 Å². The minimum absolute atomic E-state index is 0.930. The molecule has 0 amide bonds. The molecule has 106 valence electrons. The van der Waals surface area contributed by atoms with Gasteiger partial charge in [-0.3, -0.25) is 0 Å². The molecule has 1 heterocycles. The molecule has 1 aromatic heterocycles. The van der Waals surface area contributed by atoms with E-state index in [0.29, 0.717) is 0 Å². The summed E-state index contributed by atoms with van der Waals surface area (Å²) >= 11 is 0. The third kappa shape index (κ3) is 3.29. The quantitative estimate of drug-likeness (QED) is 0.699. The van der Waals surface area contributed by atoms with E-state index in [9.17, 15) is 0 Å². The number of benzene rings is 2. The number of pyridine rings is 1. The Morgan fingerprint density at radius 3 is 2.52 bits per heavy atom. The molecule has 0 fully saturated rings. The smallest absolute Gasteiger partial charge is 0.0709 e. The molecule has 2 aromatic carbocycles. The molecule has 0 unspecified atom stereocenters. The van der Waals surface area contributed by atoms with Crippen LogP contribution in [-0.4, -0.2) is 11.5 Å². The molecule has 3 aromatic rings. The average molecular weight is 276 g/mol. The highest BCUT2D eigenvalue weighted by Crippen LogP contribution is 2.21. The highest BCUT2D eigenvalue weighted by Gasteiger charge is 2.01. The van der Waals surface area contributed by atoms with Gasteiger partial charge in [-0.1, -0.05) is 55.5 Å². The molecule has 0 aliphatic rings. The van der Waals surface area contributed by atoms with E-state index >= 15 is 0 Å². The maximum atomic E-state index is 4.73. The van der Waals surface area contributed by atoms with Crippen molar-refractivity contribution in [2.75, 3.05) is 6.54 Å². The van der Waals surface area contributed by atoms with Crippen LogP contribution in [0.4, 0.5) is 0 Å². The predicted octanol–water partition coefficient (Wildman–Crippen LogP) is 4.40. The summed E-state index contributed by atoms with van der Waals surface area (Å²) in [5, 5.41) is 4.60. The van der Waals surface area contributed by atoms with Crippen LogP contribution in [0.25, 0.3) is 22.2 Å². The first-order valence-corrected chi connectivity index (χ1v) is 7.52. The zero-order chi connectivity index (χ0) is 14.5. The van der Waals surface area contributed by atoms with Crippen molar-refractivity contribution in [3.05, 3.63) is 66.2 Å². The van der Waals surface area contributed by atoms with Crippen molar-refractivity contribution in [3.8, 4) is 11.3 Å². The number of rotatable bonds is 5. The van der Waals surface area contributed by atoms with Gasteiger partial charge in [-0.15, -0.1) is 0 Å². The van der Waals surface area contributed by atoms with Crippen molar-refractivity contribution in [2.45, 2.75) is 19.9 Å². The van der Waals surface area contributed by atoms with Crippen LogP contribution in [-0.2, 0) is 6.54 Å². The first-order valence-electron chi connectivity index (χ1n) is 7.52. The van der Waals surface area contributed by atoms with Crippen LogP contribution in [0, 0.1) is 0 Å². The highest BCUT2D eigenvalue weighted by molar-refractivity contribution is 5.81. The number of nitrogens with zero attached hydrogens (tertiary/aromatic N) is 1. The second kappa shape index (κ2) is 6.51. The van der Waals surface area contributed by atoms with Gasteiger partial charge < -0.3 is 5.32 Å². The lowest BCUT2D eigenvalue weighted by molar-refractivity contribution is 0.675. The molecule has 0 radical (unpaired) electrons. The van der Waals surface area contributed by atoms with Gasteiger partial charge in [0.15, 0.2) is 0 Å². The maximum Gasteiger partial charge on any atom is 0.0709 e. The van der Waals surface area contributed by atoms with Crippen LogP contribution in [0.15, 0.2) is 60.7 Å². The first kappa shape index (κ1) is 13.8. The Hall–Kier alpha value is -2.19. The zero-order valence-corrected chi connectivity index (χ0v) is 12.3. The van der Waals surface area contributed by atoms with Gasteiger partial charge in [-0.05, 0) is 30.7 Å². The zero-order valence-electron chi connectivity index (χ0n) is 12.3. The second-order valence-corrected chi connectivity index (χ2v) is 5.26. The van der Waals surface area contributed by atoms with Crippen molar-refractivity contribution in [3.63, 3.8) is 0 Å². The topological polar surface area (TPSA) is 24.9 Å². The third-order valence-corrected chi connectivity index (χ3v) is 3.60. The number of hydrogen-bond donors (Lipinski definition) is 1. The molecule has 0 saturated heterocycles. The van der Waals surface area contributed by atoms with E-state index in [1.54, 1.807) is 0 Å². The lowest BCUT2D eigenvalue weighted by Crippen LogP contribution is -2.13. The van der Waals surface area contributed by atoms with Gasteiger partial charge in [0, 0.05) is 17.5 Å². The van der Waals surface area contributed by atoms with Crippen LogP contribution >= 0.6 is 0 Å². The summed E-state index contributed by atoms with van der Waals surface area (Å²) in [7, 11) is 0. The molecule has 1 N–H and O–H groups in total. The summed E-state index contributed by atoms with van der Waals surface area (Å²) in [6, 6.07) is 21.1. The molecule has 2 nitrogen and oxygen atoms in total. The maximum absolute atomic E-state index is 4.73. The Kier molecular flexibility index (Phi) is 4.27. The molecule has 0 aliphatic heterocycles. The monoisotopic (exact) mass is 276 g/mol. The summed E-state index contributed by atoms with van der Waals surface area (Å²) in [6.45, 7) is 4.18. The standard InChI is InChI=1S/C19H20N2/c1-2-13-20-14-15-7-9-17(10-8-15)19-12-11-16-5-3-4-6-18(16)21-19/h3-12,20H,2,13-14H2,1H3. The van der Waals surface area contributed by atoms with Gasteiger partial charge >= 0.3 is 0 Å². The van der Waals surface area contributed by atoms with Crippen LogP contribution in [0.1, 0.15) is 18.9 Å². The number of fused-ring (bicyclic) bond motifs is 1. The van der Waals surface area contributed by atoms with Crippen molar-refractivity contribution in [1.29, 1.82) is 0 Å². The number of hydrogen-bond acceptors (Lipinski definition) is 2. The summed E-state index contributed by atoms with van der Waals surface area (Å²) < 4.78 is 0. The Bertz CT molecular complexity index is 717. The van der Waals surface area contributed by atoms with E-state index in [0.717, 1.165) is 24.3 Å². The third-order valence-electron chi connectivity index (χ3n) is 3.60. The minimum Gasteiger partial charge on any atom is -0.313 e. The molecular weight excluding hydrogens is 256 g/mol. The Morgan fingerprint density at radius 1 is 0.905 bits per heavy atom. The SMILES string of the molecule is CCCNCc1ccc(-c2ccc3ccccc3n2)cc1. The van der Waals surface area contributed by atoms with Gasteiger partial charge in [-0.2, -0.15) is 0 Å². The minimum atomic E-state index is 0.930. The number of para-hydroxylation sites is 1. The molecule has 3 rings (SSSR count). The summed E-state index contributed by atoms with van der Waals surface area (Å²) in [5.74, 6) is 0. The Morgan fingerprint density at radius 2 is 1.71 bits per heavy atom. The van der Waals surface area contributed by atoms with Crippen LogP contribution in [0.5, 0.6) is 0 Å². The largest absolute Gasteiger partial charge is 0.313 e. The van der Waals surface area contributed by atoms with E-state index in [1.807, 2.05) is 12.1 Å². The van der Waals surface area contributed by atoms with E-state index in [-0.39, 0.29) is 0 Å². The van der Waals surface area contributed by atoms with Crippen molar-refractivity contribution < 1.29 is 0 Å². The first-order chi connectivity index (χ1) is 10.4. The average Bonchev–Trinajstić information content (AvgIpc) is 2.55. The Balaban J connectivity index is 1.81. The van der Waals surface area contributed by atoms with Gasteiger partial charge in [0.1, 0.15) is 0 Å². The molecular formula is C19H20N2. The van der Waals surface area contributed by atoms with Gasteiger partial charge in [0.25, 0.3) is 0 Å². The van der Waals surface area contributed by atoms with Gasteiger partial charge in [-0.25, -0.2) is 4.98 Å². The lowest BCUT2D eigenvalue weighted by Gasteiger charge is -2.06. The number of aromatic nitrogens is 1. The number of nitrogens with one attached hydrogen (secondary N) is 1. The van der Waals surface area contributed by atoms with Crippen molar-refractivity contribution in [1.82, 2.24) is 10.3 Å². The predicted molar refractivity (Wildman–Crippen MR) is 89.2 cm³/mol. The van der Waals surface area contributed by atoms with Crippen LogP contribution in [0.3, 0.4) is 0 Å². The molecule has 21 heavy (non-hydrogen) atoms. The van der Waals surface area contributed by atoms with Crippen molar-refractivity contribution in [2.24, 2.45) is 0 Å². The second-order valence-electron chi connectivity index (χ2n) is 5.26. The highest BCUT2D eigenvalue weighted by atomic mass is 14.8. The summed E-state index contributed by atoms with van der Waals surface area (Å²) in [4.78, 5) is 4.73. The molecule has 0 bridgehead atoms. The summed E-state index contributed by atoms with van der Waals surface area (Å²) in [6.07, 6.45) is 1.17. The van der Waals surface area contributed by atoms with Gasteiger partial charge in [0.05, 0.1) is 11.2 Å². The lowest BCUT2D eigenvalue weighted by atomic mass is 10.1. The van der Waals surface area contributed by atoms with E-state index in [4.69, 9.17) is 4.98 Å². The summed E-state index contributed by atoms with van der Waals surface area (Å²) in [5.41, 5.74) is 4.55. The fourth-order valence-electron chi connectivity index (χ4n) is 2.43. The molecule has 0 atom stereocenters. The Labute approximate surface area is 125 Å². The normalized spacial score (nSPS) is 10.9. The molecule has 2 heteroatoms. The van der Waals surface area contributed by atoms with E-state index < -0.39 is 0 Å². The molecule has 0 aliphatic carbocycles. The van der Waals surface area contributed by atoms with Crippen molar-refractivity contribution >= 4 is 10.9 Å². The molecule has 0 spiro atoms. The van der Waals surface area contributed by atoms with Crippen LogP contribution in [0.2, 0.25) is 0 Å². The van der Waals surface area contributed by atoms with Gasteiger partial charge in [0.2, 0.25) is 0 Å². The molecule has 0 saturated carbocycles. The fourth-order valence-corrected chi connectivity index (χ4v) is 2.43. The van der Waals surface area contributed by atoms with E-state index in [1.165, 1.54) is 22.9 Å².